The number of hydrogen-bond donors (Lipinski definition) is 3. The Kier molecular flexibility index (Phi) is 13.3. The van der Waals surface area contributed by atoms with Gasteiger partial charge in [-0.25, -0.2) is 4.79 Å². The summed E-state index contributed by atoms with van der Waals surface area (Å²) in [5, 5.41) is 22.9. The Hall–Kier alpha value is -4.51. The summed E-state index contributed by atoms with van der Waals surface area (Å²) >= 11 is 0. The summed E-state index contributed by atoms with van der Waals surface area (Å²) in [5.41, 5.74) is 3.84. The van der Waals surface area contributed by atoms with Crippen LogP contribution in [0.3, 0.4) is 0 Å². The van der Waals surface area contributed by atoms with Gasteiger partial charge in [-0.15, -0.1) is 4.36 Å². The van der Waals surface area contributed by atoms with Gasteiger partial charge in [0.05, 0.1) is 5.56 Å². The minimum atomic E-state index is -2.66. The average molecular weight is 645 g/mol. The van der Waals surface area contributed by atoms with Crippen LogP contribution in [0.2, 0.25) is 0 Å². The number of carboxylic acid groups (broad SMARTS) is 1. The average Bonchev–Trinajstić information content (AvgIpc) is 3.07. The van der Waals surface area contributed by atoms with Crippen LogP contribution in [0, 0.1) is 6.92 Å². The second-order valence-electron chi connectivity index (χ2n) is 11.2. The molecule has 0 radical (unpaired) electrons. The second kappa shape index (κ2) is 17.8. The topological polar surface area (TPSA) is 135 Å². The van der Waals surface area contributed by atoms with E-state index >= 15 is 0 Å². The predicted molar refractivity (Wildman–Crippen MR) is 177 cm³/mol. The van der Waals surface area contributed by atoms with E-state index in [4.69, 9.17) is 14.6 Å². The lowest BCUT2D eigenvalue weighted by molar-refractivity contribution is 0.0696. The van der Waals surface area contributed by atoms with Gasteiger partial charge in [0.1, 0.15) is 36.5 Å². The fourth-order valence-corrected chi connectivity index (χ4v) is 5.52. The van der Waals surface area contributed by atoms with E-state index in [1.165, 1.54) is 11.6 Å². The van der Waals surface area contributed by atoms with Gasteiger partial charge in [-0.3, -0.25) is 0 Å². The Bertz CT molecular complexity index is 1650. The first-order valence-electron chi connectivity index (χ1n) is 15.3. The van der Waals surface area contributed by atoms with Gasteiger partial charge in [-0.1, -0.05) is 78.4 Å². The molecule has 1 aliphatic carbocycles. The molecule has 3 N–H and O–H groups in total. The molecule has 4 aromatic rings. The van der Waals surface area contributed by atoms with Crippen molar-refractivity contribution in [2.24, 2.45) is 4.36 Å². The van der Waals surface area contributed by atoms with E-state index in [2.05, 4.69) is 28.7 Å². The van der Waals surface area contributed by atoms with E-state index in [0.717, 1.165) is 36.8 Å². The maximum absolute atomic E-state index is 11.2. The largest absolute Gasteiger partial charge is 0.491 e. The number of aliphatic hydroxyl groups excluding tert-OH is 1. The van der Waals surface area contributed by atoms with Gasteiger partial charge in [-0.2, -0.15) is 8.42 Å². The third-order valence-corrected chi connectivity index (χ3v) is 8.07. The zero-order chi connectivity index (χ0) is 32.7. The highest BCUT2D eigenvalue weighted by molar-refractivity contribution is 7.61. The fourth-order valence-electron chi connectivity index (χ4n) is 5.21. The Morgan fingerprint density at radius 2 is 1.54 bits per heavy atom. The third kappa shape index (κ3) is 11.4. The molecule has 0 bridgehead atoms. The van der Waals surface area contributed by atoms with Crippen LogP contribution < -0.4 is 14.8 Å². The molecule has 0 spiro atoms. The number of nitrogens with one attached hydrogen (secondary N) is 1. The third-order valence-electron chi connectivity index (χ3n) is 7.72. The van der Waals surface area contributed by atoms with Crippen LogP contribution in [-0.2, 0) is 17.1 Å². The van der Waals surface area contributed by atoms with Crippen LogP contribution in [0.15, 0.2) is 107 Å². The zero-order valence-electron chi connectivity index (χ0n) is 25.8. The van der Waals surface area contributed by atoms with E-state index in [-0.39, 0.29) is 24.9 Å². The highest BCUT2D eigenvalue weighted by Crippen LogP contribution is 2.34. The maximum Gasteiger partial charge on any atom is 0.335 e. The van der Waals surface area contributed by atoms with Crippen molar-refractivity contribution in [3.63, 3.8) is 0 Å². The van der Waals surface area contributed by atoms with Gasteiger partial charge < -0.3 is 25.0 Å². The summed E-state index contributed by atoms with van der Waals surface area (Å²) in [7, 11) is -2.66. The molecular weight excluding hydrogens is 604 g/mol. The number of benzene rings is 4. The molecule has 1 fully saturated rings. The SMILES string of the molecule is Cc1ccccc1.O=C(O)c1ccc(C2CCC(NC[C@H](O)COc3ccc(OCc4ccccc4)c(N=S(=O)=O)c3)CC2)cc1. The first-order chi connectivity index (χ1) is 22.3. The molecule has 5 rings (SSSR count). The van der Waals surface area contributed by atoms with E-state index in [0.29, 0.717) is 29.5 Å². The summed E-state index contributed by atoms with van der Waals surface area (Å²) < 4.78 is 37.5. The van der Waals surface area contributed by atoms with Crippen LogP contribution in [0.5, 0.6) is 11.5 Å². The quantitative estimate of drug-likeness (QED) is 0.155. The first kappa shape index (κ1) is 34.4. The molecule has 0 saturated heterocycles. The lowest BCUT2D eigenvalue weighted by atomic mass is 9.81. The smallest absolute Gasteiger partial charge is 0.335 e. The molecule has 0 aliphatic heterocycles. The minimum absolute atomic E-state index is 0.0302. The molecular formula is C36H40N2O7S. The highest BCUT2D eigenvalue weighted by atomic mass is 32.2. The van der Waals surface area contributed by atoms with Crippen molar-refractivity contribution >= 4 is 22.2 Å². The number of aromatic carboxylic acids is 1. The minimum Gasteiger partial charge on any atom is -0.491 e. The van der Waals surface area contributed by atoms with Crippen LogP contribution in [0.25, 0.3) is 0 Å². The van der Waals surface area contributed by atoms with Gasteiger partial charge in [0, 0.05) is 18.7 Å². The zero-order valence-corrected chi connectivity index (χ0v) is 26.6. The Balaban J connectivity index is 0.000000606. The molecule has 9 nitrogen and oxygen atoms in total. The summed E-state index contributed by atoms with van der Waals surface area (Å²) in [6, 6.07) is 31.9. The number of ether oxygens (including phenoxy) is 2. The lowest BCUT2D eigenvalue weighted by Crippen LogP contribution is -2.39. The van der Waals surface area contributed by atoms with E-state index < -0.39 is 22.6 Å². The van der Waals surface area contributed by atoms with Crippen molar-refractivity contribution < 1.29 is 32.9 Å². The molecule has 1 saturated carbocycles. The van der Waals surface area contributed by atoms with Crippen molar-refractivity contribution in [1.29, 1.82) is 0 Å². The Labute approximate surface area is 271 Å². The summed E-state index contributed by atoms with van der Waals surface area (Å²) in [5.74, 6) is 0.170. The standard InChI is InChI=1S/C29H32N2O7S.C7H8/c32-25(17-30-24-12-10-22(11-13-24)21-6-8-23(9-7-21)29(33)34)19-37-26-14-15-28(27(16-26)31-39(35)36)38-18-20-4-2-1-3-5-20;1-7-5-3-2-4-6-7/h1-9,14-16,22,24-25,30,32H,10-13,17-19H2,(H,33,34);2-6H,1H3/t22?,24?,25-;/m0./s1. The monoisotopic (exact) mass is 644 g/mol. The number of carbonyl (C=O) groups is 1. The number of aryl methyl sites for hydroxylation is 1. The van der Waals surface area contributed by atoms with E-state index in [9.17, 15) is 18.3 Å². The van der Waals surface area contributed by atoms with Crippen LogP contribution in [0.4, 0.5) is 5.69 Å². The van der Waals surface area contributed by atoms with Crippen LogP contribution >= 0.6 is 0 Å². The fraction of sp³-hybridized carbons (Fsp3) is 0.306. The van der Waals surface area contributed by atoms with E-state index in [1.807, 2.05) is 60.7 Å². The van der Waals surface area contributed by atoms with Crippen LogP contribution in [-0.4, -0.2) is 49.9 Å². The van der Waals surface area contributed by atoms with Gasteiger partial charge in [0.25, 0.3) is 0 Å². The second-order valence-corrected chi connectivity index (χ2v) is 11.8. The van der Waals surface area contributed by atoms with Crippen molar-refractivity contribution in [1.82, 2.24) is 5.32 Å². The van der Waals surface area contributed by atoms with Crippen molar-refractivity contribution in [2.45, 2.75) is 57.3 Å². The molecule has 1 aliphatic rings. The highest BCUT2D eigenvalue weighted by Gasteiger charge is 2.23. The molecule has 0 heterocycles. The molecule has 0 aromatic heterocycles. The molecule has 1 atom stereocenters. The molecule has 4 aromatic carbocycles. The van der Waals surface area contributed by atoms with E-state index in [1.54, 1.807) is 24.3 Å². The van der Waals surface area contributed by atoms with Gasteiger partial charge in [-0.05, 0) is 73.9 Å². The molecule has 10 heteroatoms. The predicted octanol–water partition coefficient (Wildman–Crippen LogP) is 6.71. The maximum atomic E-state index is 11.2. The van der Waals surface area contributed by atoms with Gasteiger partial charge >= 0.3 is 16.5 Å². The van der Waals surface area contributed by atoms with Gasteiger partial charge in [0.2, 0.25) is 0 Å². The van der Waals surface area contributed by atoms with Crippen molar-refractivity contribution in [3.8, 4) is 11.5 Å². The molecule has 0 unspecified atom stereocenters. The summed E-state index contributed by atoms with van der Waals surface area (Å²) in [6.07, 6.45) is 3.14. The number of carboxylic acids is 1. The Morgan fingerprint density at radius 3 is 2.13 bits per heavy atom. The Morgan fingerprint density at radius 1 is 0.891 bits per heavy atom. The first-order valence-corrected chi connectivity index (χ1v) is 16.3. The lowest BCUT2D eigenvalue weighted by Gasteiger charge is -2.30. The number of rotatable bonds is 12. The van der Waals surface area contributed by atoms with Crippen molar-refractivity contribution in [2.75, 3.05) is 13.2 Å². The number of aliphatic hydroxyl groups is 1. The molecule has 0 amide bonds. The summed E-state index contributed by atoms with van der Waals surface area (Å²) in [6.45, 7) is 2.74. The molecule has 46 heavy (non-hydrogen) atoms. The summed E-state index contributed by atoms with van der Waals surface area (Å²) in [4.78, 5) is 11.1. The normalized spacial score (nSPS) is 16.3. The van der Waals surface area contributed by atoms with Gasteiger partial charge in [0.15, 0.2) is 0 Å². The van der Waals surface area contributed by atoms with Crippen LogP contribution in [0.1, 0.15) is 58.6 Å². The molecule has 242 valence electrons. The number of hydrogen-bond acceptors (Lipinski definition) is 8. The number of nitrogens with zero attached hydrogens (tertiary/aromatic N) is 1. The van der Waals surface area contributed by atoms with Crippen molar-refractivity contribution in [3.05, 3.63) is 125 Å².